The van der Waals surface area contributed by atoms with Gasteiger partial charge in [0.25, 0.3) is 0 Å². The number of rotatable bonds is 9. The van der Waals surface area contributed by atoms with E-state index in [2.05, 4.69) is 49.1 Å². The summed E-state index contributed by atoms with van der Waals surface area (Å²) in [5.41, 5.74) is 4.86. The Bertz CT molecular complexity index is 956. The molecule has 0 bridgehead atoms. The summed E-state index contributed by atoms with van der Waals surface area (Å²) in [5, 5.41) is 0. The number of hydrogen-bond acceptors (Lipinski definition) is 5. The van der Waals surface area contributed by atoms with E-state index in [9.17, 15) is 9.59 Å². The molecular weight excluding hydrogens is 392 g/mol. The van der Waals surface area contributed by atoms with Crippen LogP contribution in [0.5, 0.6) is 11.5 Å². The molecule has 0 aromatic heterocycles. The summed E-state index contributed by atoms with van der Waals surface area (Å²) in [5.74, 6) is 1.63. The molecule has 0 atom stereocenters. The molecule has 2 amide bonds. The lowest BCUT2D eigenvalue weighted by molar-refractivity contribution is -0.138. The highest BCUT2D eigenvalue weighted by Crippen LogP contribution is 2.30. The first-order valence-electron chi connectivity index (χ1n) is 11.2. The van der Waals surface area contributed by atoms with Gasteiger partial charge in [-0.05, 0) is 54.3 Å². The molecule has 0 N–H and O–H groups in total. The predicted octanol–water partition coefficient (Wildman–Crippen LogP) is 3.74. The van der Waals surface area contributed by atoms with E-state index < -0.39 is 0 Å². The molecule has 0 spiro atoms. The van der Waals surface area contributed by atoms with Crippen molar-refractivity contribution < 1.29 is 19.1 Å². The van der Waals surface area contributed by atoms with E-state index in [1.54, 1.807) is 0 Å². The van der Waals surface area contributed by atoms with Gasteiger partial charge < -0.3 is 14.4 Å². The Hall–Kier alpha value is -3.02. The fourth-order valence-electron chi connectivity index (χ4n) is 4.24. The zero-order valence-corrected chi connectivity index (χ0v) is 18.4. The molecule has 1 saturated heterocycles. The van der Waals surface area contributed by atoms with Crippen LogP contribution in [0, 0.1) is 0 Å². The van der Waals surface area contributed by atoms with Crippen LogP contribution in [-0.4, -0.2) is 43.0 Å². The van der Waals surface area contributed by atoms with Gasteiger partial charge in [0, 0.05) is 38.0 Å². The molecule has 31 heavy (non-hydrogen) atoms. The van der Waals surface area contributed by atoms with Crippen molar-refractivity contribution in [3.05, 3.63) is 53.1 Å². The van der Waals surface area contributed by atoms with E-state index in [1.165, 1.54) is 21.7 Å². The Kier molecular flexibility index (Phi) is 6.44. The zero-order valence-electron chi connectivity index (χ0n) is 18.4. The van der Waals surface area contributed by atoms with Crippen LogP contribution in [0.15, 0.2) is 36.4 Å². The number of benzene rings is 2. The van der Waals surface area contributed by atoms with Crippen LogP contribution >= 0.6 is 0 Å². The molecule has 6 nitrogen and oxygen atoms in total. The van der Waals surface area contributed by atoms with Crippen LogP contribution in [0.1, 0.15) is 43.4 Å². The molecule has 2 aromatic carbocycles. The third kappa shape index (κ3) is 4.68. The number of carbonyl (C=O) groups is 2. The van der Waals surface area contributed by atoms with E-state index in [4.69, 9.17) is 9.47 Å². The Morgan fingerprint density at radius 2 is 1.84 bits per heavy atom. The number of nitrogens with zero attached hydrogens (tertiary/aromatic N) is 2. The first-order valence-corrected chi connectivity index (χ1v) is 11.2. The van der Waals surface area contributed by atoms with Crippen LogP contribution in [-0.2, 0) is 29.0 Å². The molecule has 2 heterocycles. The maximum atomic E-state index is 11.7. The first-order chi connectivity index (χ1) is 15.1. The summed E-state index contributed by atoms with van der Waals surface area (Å²) in [6, 6.07) is 12.7. The number of hydrogen-bond donors (Lipinski definition) is 0. The number of likely N-dealkylation sites (tertiary alicyclic amines) is 1. The molecule has 0 radical (unpaired) electrons. The van der Waals surface area contributed by atoms with Crippen molar-refractivity contribution in [1.29, 1.82) is 0 Å². The highest BCUT2D eigenvalue weighted by atomic mass is 16.5. The van der Waals surface area contributed by atoms with E-state index in [0.717, 1.165) is 49.6 Å². The molecular formula is C25H30N2O4. The Labute approximate surface area is 183 Å². The molecule has 6 heteroatoms. The van der Waals surface area contributed by atoms with Crippen molar-refractivity contribution in [2.24, 2.45) is 0 Å². The van der Waals surface area contributed by atoms with Gasteiger partial charge in [-0.15, -0.1) is 0 Å². The van der Waals surface area contributed by atoms with Crippen LogP contribution in [0.3, 0.4) is 0 Å². The van der Waals surface area contributed by atoms with Crippen molar-refractivity contribution in [3.63, 3.8) is 0 Å². The van der Waals surface area contributed by atoms with Gasteiger partial charge in [-0.1, -0.05) is 19.1 Å². The van der Waals surface area contributed by atoms with Crippen LogP contribution in [0.4, 0.5) is 5.69 Å². The second-order valence-corrected chi connectivity index (χ2v) is 7.99. The lowest BCUT2D eigenvalue weighted by Gasteiger charge is -2.24. The number of carbonyl (C=O) groups excluding carboxylic acids is 2. The minimum Gasteiger partial charge on any atom is -0.493 e. The zero-order chi connectivity index (χ0) is 21.8. The average molecular weight is 423 g/mol. The van der Waals surface area contributed by atoms with Gasteiger partial charge >= 0.3 is 0 Å². The minimum absolute atomic E-state index is 0.0996. The summed E-state index contributed by atoms with van der Waals surface area (Å²) in [6.45, 7) is 7.42. The summed E-state index contributed by atoms with van der Waals surface area (Å²) >= 11 is 0. The third-order valence-electron chi connectivity index (χ3n) is 6.03. The topological polar surface area (TPSA) is 59.1 Å². The average Bonchev–Trinajstić information content (AvgIpc) is 3.38. The van der Waals surface area contributed by atoms with Crippen LogP contribution in [0.25, 0.3) is 0 Å². The maximum Gasteiger partial charge on any atom is 0.229 e. The number of ether oxygens (including phenoxy) is 2. The summed E-state index contributed by atoms with van der Waals surface area (Å²) in [4.78, 5) is 27.2. The van der Waals surface area contributed by atoms with Gasteiger partial charge in [-0.3, -0.25) is 14.5 Å². The number of aryl methyl sites for hydroxylation is 1. The molecule has 164 valence electrons. The summed E-state index contributed by atoms with van der Waals surface area (Å²) < 4.78 is 11.6. The summed E-state index contributed by atoms with van der Waals surface area (Å²) in [7, 11) is 0. The van der Waals surface area contributed by atoms with Gasteiger partial charge in [0.15, 0.2) is 0 Å². The molecule has 0 saturated carbocycles. The van der Waals surface area contributed by atoms with Crippen molar-refractivity contribution in [2.75, 3.05) is 31.2 Å². The maximum absolute atomic E-state index is 11.7. The summed E-state index contributed by atoms with van der Waals surface area (Å²) in [6.07, 6.45) is 2.46. The fraction of sp³-hybridized carbons (Fsp3) is 0.440. The second-order valence-electron chi connectivity index (χ2n) is 7.99. The Morgan fingerprint density at radius 1 is 1.03 bits per heavy atom. The normalized spacial score (nSPS) is 15.2. The largest absolute Gasteiger partial charge is 0.493 e. The van der Waals surface area contributed by atoms with Gasteiger partial charge in [-0.25, -0.2) is 0 Å². The number of amides is 2. The molecule has 0 unspecified atom stereocenters. The molecule has 2 aromatic rings. The molecule has 0 aliphatic carbocycles. The van der Waals surface area contributed by atoms with Crippen LogP contribution in [0.2, 0.25) is 0 Å². The van der Waals surface area contributed by atoms with Crippen LogP contribution < -0.4 is 14.4 Å². The van der Waals surface area contributed by atoms with Gasteiger partial charge in [0.1, 0.15) is 18.1 Å². The van der Waals surface area contributed by atoms with E-state index in [0.29, 0.717) is 26.0 Å². The quantitative estimate of drug-likeness (QED) is 0.576. The standard InChI is InChI=1S/C25H30N2O4/c1-3-19-15-18(5-7-22(19)31-14-12-27-24(28)9-10-25(27)29)17-26(4-2)21-6-8-23-20(16-21)11-13-30-23/h5-8,15-16H,3-4,9-14,17H2,1-2H3. The predicted molar refractivity (Wildman–Crippen MR) is 120 cm³/mol. The van der Waals surface area contributed by atoms with E-state index in [1.807, 2.05) is 6.07 Å². The number of anilines is 1. The highest BCUT2D eigenvalue weighted by Gasteiger charge is 2.28. The first kappa shape index (κ1) is 21.2. The molecule has 2 aliphatic rings. The van der Waals surface area contributed by atoms with Gasteiger partial charge in [-0.2, -0.15) is 0 Å². The Balaban J connectivity index is 1.41. The second kappa shape index (κ2) is 9.41. The van der Waals surface area contributed by atoms with Crippen molar-refractivity contribution in [3.8, 4) is 11.5 Å². The lowest BCUT2D eigenvalue weighted by atomic mass is 10.1. The fourth-order valence-corrected chi connectivity index (χ4v) is 4.24. The SMILES string of the molecule is CCc1cc(CN(CC)c2ccc3c(c2)CCO3)ccc1OCCN1C(=O)CCC1=O. The molecule has 2 aliphatic heterocycles. The van der Waals surface area contributed by atoms with Gasteiger partial charge in [0.05, 0.1) is 13.2 Å². The lowest BCUT2D eigenvalue weighted by Crippen LogP contribution is -2.33. The number of imide groups is 1. The monoisotopic (exact) mass is 422 g/mol. The van der Waals surface area contributed by atoms with E-state index >= 15 is 0 Å². The third-order valence-corrected chi connectivity index (χ3v) is 6.03. The Morgan fingerprint density at radius 3 is 2.58 bits per heavy atom. The van der Waals surface area contributed by atoms with E-state index in [-0.39, 0.29) is 11.8 Å². The molecule has 1 fully saturated rings. The van der Waals surface area contributed by atoms with Crippen molar-refractivity contribution in [1.82, 2.24) is 4.90 Å². The highest BCUT2D eigenvalue weighted by molar-refractivity contribution is 6.01. The van der Waals surface area contributed by atoms with Gasteiger partial charge in [0.2, 0.25) is 11.8 Å². The smallest absolute Gasteiger partial charge is 0.229 e. The van der Waals surface area contributed by atoms with Crippen molar-refractivity contribution >= 4 is 17.5 Å². The van der Waals surface area contributed by atoms with Crippen molar-refractivity contribution in [2.45, 2.75) is 46.1 Å². The number of fused-ring (bicyclic) bond motifs is 1. The molecule has 4 rings (SSSR count). The minimum atomic E-state index is -0.0996.